The van der Waals surface area contributed by atoms with Gasteiger partial charge in [-0.2, -0.15) is 0 Å². The highest BCUT2D eigenvalue weighted by molar-refractivity contribution is 6.29. The molecule has 0 aromatic carbocycles. The van der Waals surface area contributed by atoms with Gasteiger partial charge in [0.25, 0.3) is 0 Å². The van der Waals surface area contributed by atoms with Gasteiger partial charge in [-0.15, -0.1) is 0 Å². The summed E-state index contributed by atoms with van der Waals surface area (Å²) in [6, 6.07) is 2.03. The normalized spacial score (nSPS) is 18.7. The van der Waals surface area contributed by atoms with Crippen LogP contribution < -0.4 is 5.73 Å². The van der Waals surface area contributed by atoms with Gasteiger partial charge in [-0.3, -0.25) is 0 Å². The van der Waals surface area contributed by atoms with E-state index in [0.29, 0.717) is 11.1 Å². The Morgan fingerprint density at radius 2 is 2.31 bits per heavy atom. The summed E-state index contributed by atoms with van der Waals surface area (Å²) in [7, 11) is 0. The Hall–Kier alpha value is -0.600. The van der Waals surface area contributed by atoms with Gasteiger partial charge in [0.1, 0.15) is 5.15 Å². The molecule has 1 aromatic rings. The molecular weight excluding hydrogens is 184 g/mol. The summed E-state index contributed by atoms with van der Waals surface area (Å²) in [6.45, 7) is 2.03. The second-order valence-electron chi connectivity index (χ2n) is 3.73. The van der Waals surface area contributed by atoms with Crippen LogP contribution >= 0.6 is 11.6 Å². The number of pyridine rings is 1. The van der Waals surface area contributed by atoms with Crippen LogP contribution in [0.1, 0.15) is 30.0 Å². The van der Waals surface area contributed by atoms with Crippen LogP contribution in [0.3, 0.4) is 0 Å². The standard InChI is InChI=1S/C10H13ClN2/c1-6-4-9(11)13-5-8(6)10(12)7-2-3-7/h4-5,7,10H,2-3,12H2,1H3. The zero-order valence-corrected chi connectivity index (χ0v) is 8.38. The Balaban J connectivity index is 2.28. The largest absolute Gasteiger partial charge is 0.324 e. The average molecular weight is 197 g/mol. The summed E-state index contributed by atoms with van der Waals surface area (Å²) in [5.74, 6) is 0.668. The Morgan fingerprint density at radius 3 is 2.85 bits per heavy atom. The van der Waals surface area contributed by atoms with Crippen LogP contribution in [0.2, 0.25) is 5.15 Å². The third-order valence-corrected chi connectivity index (χ3v) is 2.81. The SMILES string of the molecule is Cc1cc(Cl)ncc1C(N)C1CC1. The fourth-order valence-corrected chi connectivity index (χ4v) is 1.80. The Bertz CT molecular complexity index is 321. The number of rotatable bonds is 2. The molecular formula is C10H13ClN2. The lowest BCUT2D eigenvalue weighted by Crippen LogP contribution is -2.14. The van der Waals surface area contributed by atoms with E-state index in [4.69, 9.17) is 17.3 Å². The average Bonchev–Trinajstić information content (AvgIpc) is 2.85. The third kappa shape index (κ3) is 1.84. The predicted octanol–water partition coefficient (Wildman–Crippen LogP) is 2.45. The zero-order valence-electron chi connectivity index (χ0n) is 7.63. The number of aromatic nitrogens is 1. The van der Waals surface area contributed by atoms with Crippen molar-refractivity contribution in [2.24, 2.45) is 11.7 Å². The summed E-state index contributed by atoms with van der Waals surface area (Å²) in [5.41, 5.74) is 8.37. The molecule has 1 aliphatic carbocycles. The van der Waals surface area contributed by atoms with Gasteiger partial charge in [0.05, 0.1) is 0 Å². The highest BCUT2D eigenvalue weighted by atomic mass is 35.5. The molecule has 1 fully saturated rings. The fourth-order valence-electron chi connectivity index (χ4n) is 1.59. The van der Waals surface area contributed by atoms with Gasteiger partial charge in [0.2, 0.25) is 0 Å². The second-order valence-corrected chi connectivity index (χ2v) is 4.11. The molecule has 1 unspecified atom stereocenters. The molecule has 2 nitrogen and oxygen atoms in total. The summed E-state index contributed by atoms with van der Waals surface area (Å²) < 4.78 is 0. The van der Waals surface area contributed by atoms with E-state index in [1.54, 1.807) is 6.20 Å². The first-order valence-corrected chi connectivity index (χ1v) is 4.94. The minimum atomic E-state index is 0.157. The van der Waals surface area contributed by atoms with Crippen LogP contribution in [0.15, 0.2) is 12.3 Å². The molecule has 1 saturated carbocycles. The van der Waals surface area contributed by atoms with Crippen molar-refractivity contribution in [1.82, 2.24) is 4.98 Å². The molecule has 13 heavy (non-hydrogen) atoms. The lowest BCUT2D eigenvalue weighted by molar-refractivity contribution is 0.627. The molecule has 1 atom stereocenters. The van der Waals surface area contributed by atoms with Crippen molar-refractivity contribution in [1.29, 1.82) is 0 Å². The summed E-state index contributed by atoms with van der Waals surface area (Å²) in [6.07, 6.45) is 4.31. The molecule has 0 spiro atoms. The van der Waals surface area contributed by atoms with Gasteiger partial charge < -0.3 is 5.73 Å². The molecule has 0 saturated heterocycles. The van der Waals surface area contributed by atoms with Crippen LogP contribution in [0, 0.1) is 12.8 Å². The van der Waals surface area contributed by atoms with Crippen molar-refractivity contribution in [3.05, 3.63) is 28.5 Å². The van der Waals surface area contributed by atoms with Gasteiger partial charge in [0, 0.05) is 12.2 Å². The first kappa shape index (κ1) is 8.97. The Labute approximate surface area is 83.1 Å². The van der Waals surface area contributed by atoms with E-state index in [0.717, 1.165) is 11.1 Å². The van der Waals surface area contributed by atoms with E-state index < -0.39 is 0 Å². The van der Waals surface area contributed by atoms with Crippen molar-refractivity contribution in [2.45, 2.75) is 25.8 Å². The summed E-state index contributed by atoms with van der Waals surface area (Å²) >= 11 is 5.76. The zero-order chi connectivity index (χ0) is 9.42. The maximum Gasteiger partial charge on any atom is 0.129 e. The van der Waals surface area contributed by atoms with Crippen LogP contribution in [-0.2, 0) is 0 Å². The molecule has 0 amide bonds. The second kappa shape index (κ2) is 3.28. The van der Waals surface area contributed by atoms with Gasteiger partial charge >= 0.3 is 0 Å². The maximum absolute atomic E-state index is 6.07. The predicted molar refractivity (Wildman–Crippen MR) is 53.6 cm³/mol. The van der Waals surface area contributed by atoms with Crippen LogP contribution in [0.25, 0.3) is 0 Å². The van der Waals surface area contributed by atoms with Crippen molar-refractivity contribution < 1.29 is 0 Å². The quantitative estimate of drug-likeness (QED) is 0.739. The van der Waals surface area contributed by atoms with Gasteiger partial charge in [-0.1, -0.05) is 11.6 Å². The lowest BCUT2D eigenvalue weighted by atomic mass is 10.0. The molecule has 1 heterocycles. The van der Waals surface area contributed by atoms with E-state index >= 15 is 0 Å². The summed E-state index contributed by atoms with van der Waals surface area (Å²) in [4.78, 5) is 4.06. The number of hydrogen-bond acceptors (Lipinski definition) is 2. The number of aryl methyl sites for hydroxylation is 1. The van der Waals surface area contributed by atoms with Crippen molar-refractivity contribution in [3.8, 4) is 0 Å². The molecule has 2 rings (SSSR count). The smallest absolute Gasteiger partial charge is 0.129 e. The maximum atomic E-state index is 6.07. The summed E-state index contributed by atoms with van der Waals surface area (Å²) in [5, 5.41) is 0.546. The van der Waals surface area contributed by atoms with Crippen molar-refractivity contribution >= 4 is 11.6 Å². The minimum Gasteiger partial charge on any atom is -0.324 e. The van der Waals surface area contributed by atoms with E-state index in [1.165, 1.54) is 12.8 Å². The van der Waals surface area contributed by atoms with Crippen LogP contribution in [0.4, 0.5) is 0 Å². The fraction of sp³-hybridized carbons (Fsp3) is 0.500. The topological polar surface area (TPSA) is 38.9 Å². The highest BCUT2D eigenvalue weighted by Crippen LogP contribution is 2.40. The molecule has 0 aliphatic heterocycles. The van der Waals surface area contributed by atoms with Gasteiger partial charge in [-0.25, -0.2) is 4.98 Å². The van der Waals surface area contributed by atoms with Crippen LogP contribution in [0.5, 0.6) is 0 Å². The molecule has 3 heteroatoms. The van der Waals surface area contributed by atoms with E-state index in [1.807, 2.05) is 13.0 Å². The minimum absolute atomic E-state index is 0.157. The molecule has 0 bridgehead atoms. The first-order chi connectivity index (χ1) is 6.18. The number of nitrogens with zero attached hydrogens (tertiary/aromatic N) is 1. The highest BCUT2D eigenvalue weighted by Gasteiger charge is 2.30. The van der Waals surface area contributed by atoms with E-state index in [-0.39, 0.29) is 6.04 Å². The molecule has 2 N–H and O–H groups in total. The lowest BCUT2D eigenvalue weighted by Gasteiger charge is -2.12. The third-order valence-electron chi connectivity index (χ3n) is 2.61. The van der Waals surface area contributed by atoms with E-state index in [2.05, 4.69) is 4.98 Å². The van der Waals surface area contributed by atoms with Crippen molar-refractivity contribution in [2.75, 3.05) is 0 Å². The number of hydrogen-bond donors (Lipinski definition) is 1. The van der Waals surface area contributed by atoms with Crippen molar-refractivity contribution in [3.63, 3.8) is 0 Å². The number of halogens is 1. The monoisotopic (exact) mass is 196 g/mol. The van der Waals surface area contributed by atoms with Gasteiger partial charge in [-0.05, 0) is 42.9 Å². The van der Waals surface area contributed by atoms with E-state index in [9.17, 15) is 0 Å². The first-order valence-electron chi connectivity index (χ1n) is 4.56. The number of nitrogens with two attached hydrogens (primary N) is 1. The Kier molecular flexibility index (Phi) is 2.26. The molecule has 70 valence electrons. The molecule has 0 radical (unpaired) electrons. The Morgan fingerprint density at radius 1 is 1.62 bits per heavy atom. The molecule has 1 aromatic heterocycles. The molecule has 1 aliphatic rings. The van der Waals surface area contributed by atoms with Gasteiger partial charge in [0.15, 0.2) is 0 Å². The van der Waals surface area contributed by atoms with Crippen LogP contribution in [-0.4, -0.2) is 4.98 Å².